The number of sulfonamides is 1. The second-order valence-electron chi connectivity index (χ2n) is 3.60. The van der Waals surface area contributed by atoms with Crippen molar-refractivity contribution in [1.29, 1.82) is 0 Å². The summed E-state index contributed by atoms with van der Waals surface area (Å²) in [4.78, 5) is -0.510. The number of nitrogen functional groups attached to an aromatic ring is 1. The zero-order chi connectivity index (χ0) is 13.1. The fraction of sp³-hybridized carbons (Fsp3) is 0.400. The molecule has 0 aliphatic rings. The van der Waals surface area contributed by atoms with Crippen LogP contribution in [0.2, 0.25) is 0 Å². The minimum Gasteiger partial charge on any atom is -0.399 e. The first-order chi connectivity index (χ1) is 7.90. The van der Waals surface area contributed by atoms with Crippen LogP contribution in [0.4, 0.5) is 10.1 Å². The Morgan fingerprint density at radius 1 is 1.53 bits per heavy atom. The average molecular weight is 262 g/mol. The highest BCUT2D eigenvalue weighted by atomic mass is 32.2. The van der Waals surface area contributed by atoms with E-state index < -0.39 is 26.8 Å². The third-order valence-corrected chi connectivity index (χ3v) is 3.82. The van der Waals surface area contributed by atoms with E-state index >= 15 is 0 Å². The van der Waals surface area contributed by atoms with Gasteiger partial charge in [-0.2, -0.15) is 0 Å². The summed E-state index contributed by atoms with van der Waals surface area (Å²) in [6, 6.07) is 2.67. The van der Waals surface area contributed by atoms with Gasteiger partial charge in [0.2, 0.25) is 10.0 Å². The molecule has 17 heavy (non-hydrogen) atoms. The maximum Gasteiger partial charge on any atom is 0.243 e. The van der Waals surface area contributed by atoms with Crippen molar-refractivity contribution in [3.63, 3.8) is 0 Å². The van der Waals surface area contributed by atoms with Gasteiger partial charge in [-0.1, -0.05) is 6.92 Å². The van der Waals surface area contributed by atoms with E-state index in [1.807, 2.05) is 0 Å². The van der Waals surface area contributed by atoms with Gasteiger partial charge in [-0.15, -0.1) is 0 Å². The van der Waals surface area contributed by atoms with Gasteiger partial charge in [0.25, 0.3) is 0 Å². The van der Waals surface area contributed by atoms with Gasteiger partial charge < -0.3 is 10.8 Å². The quantitative estimate of drug-likeness (QED) is 0.672. The van der Waals surface area contributed by atoms with Gasteiger partial charge in [-0.3, -0.25) is 0 Å². The smallest absolute Gasteiger partial charge is 0.243 e. The van der Waals surface area contributed by atoms with Gasteiger partial charge in [0, 0.05) is 11.7 Å². The summed E-state index contributed by atoms with van der Waals surface area (Å²) in [5.74, 6) is -0.875. The van der Waals surface area contributed by atoms with E-state index in [-0.39, 0.29) is 12.3 Å². The van der Waals surface area contributed by atoms with E-state index in [9.17, 15) is 12.8 Å². The standard InChI is InChI=1S/C10H15FN2O3S/c1-2-8(6-14)13-17(15,16)10-5-7(12)3-4-9(10)11/h3-5,8,13-14H,2,6,12H2,1H3. The molecule has 0 spiro atoms. The number of aliphatic hydroxyl groups is 1. The van der Waals surface area contributed by atoms with Crippen molar-refractivity contribution in [3.8, 4) is 0 Å². The fourth-order valence-corrected chi connectivity index (χ4v) is 2.68. The normalized spacial score (nSPS) is 13.6. The minimum absolute atomic E-state index is 0.156. The van der Waals surface area contributed by atoms with Gasteiger partial charge >= 0.3 is 0 Å². The number of aliphatic hydroxyl groups excluding tert-OH is 1. The first kappa shape index (κ1) is 13.9. The summed E-state index contributed by atoms with van der Waals surface area (Å²) in [5, 5.41) is 8.91. The highest BCUT2D eigenvalue weighted by molar-refractivity contribution is 7.89. The van der Waals surface area contributed by atoms with Crippen LogP contribution < -0.4 is 10.5 Å². The number of halogens is 1. The molecular weight excluding hydrogens is 247 g/mol. The Labute approximate surface area is 99.5 Å². The third kappa shape index (κ3) is 3.39. The summed E-state index contributed by atoms with van der Waals surface area (Å²) in [7, 11) is -4.00. The van der Waals surface area contributed by atoms with E-state index in [0.717, 1.165) is 12.1 Å². The first-order valence-corrected chi connectivity index (χ1v) is 6.57. The van der Waals surface area contributed by atoms with Crippen LogP contribution in [-0.2, 0) is 10.0 Å². The Balaban J connectivity index is 3.09. The average Bonchev–Trinajstić information content (AvgIpc) is 2.29. The molecule has 0 fully saturated rings. The summed E-state index contributed by atoms with van der Waals surface area (Å²) in [6.07, 6.45) is 0.402. The van der Waals surface area contributed by atoms with Gasteiger partial charge in [0.1, 0.15) is 10.7 Å². The van der Waals surface area contributed by atoms with Crippen LogP contribution in [0.5, 0.6) is 0 Å². The van der Waals surface area contributed by atoms with Crippen molar-refractivity contribution in [2.45, 2.75) is 24.3 Å². The van der Waals surface area contributed by atoms with E-state index in [0.29, 0.717) is 6.42 Å². The van der Waals surface area contributed by atoms with E-state index in [4.69, 9.17) is 10.8 Å². The molecule has 96 valence electrons. The van der Waals surface area contributed by atoms with Crippen LogP contribution in [0, 0.1) is 5.82 Å². The van der Waals surface area contributed by atoms with Crippen molar-refractivity contribution in [1.82, 2.24) is 4.72 Å². The predicted octanol–water partition coefficient (Wildman–Crippen LogP) is 0.457. The van der Waals surface area contributed by atoms with Crippen LogP contribution in [-0.4, -0.2) is 26.2 Å². The Bertz CT molecular complexity index is 486. The molecule has 4 N–H and O–H groups in total. The topological polar surface area (TPSA) is 92.4 Å². The van der Waals surface area contributed by atoms with E-state index in [1.165, 1.54) is 6.07 Å². The SMILES string of the molecule is CCC(CO)NS(=O)(=O)c1cc(N)ccc1F. The lowest BCUT2D eigenvalue weighted by atomic mass is 10.3. The lowest BCUT2D eigenvalue weighted by molar-refractivity contribution is 0.253. The number of benzene rings is 1. The van der Waals surface area contributed by atoms with Gasteiger partial charge in [0.05, 0.1) is 6.61 Å². The molecule has 1 aromatic carbocycles. The van der Waals surface area contributed by atoms with Crippen LogP contribution in [0.25, 0.3) is 0 Å². The molecule has 1 atom stereocenters. The molecule has 5 nitrogen and oxygen atoms in total. The molecule has 7 heteroatoms. The number of hydrogen-bond donors (Lipinski definition) is 3. The molecule has 0 saturated carbocycles. The molecule has 0 heterocycles. The van der Waals surface area contributed by atoms with Crippen LogP contribution >= 0.6 is 0 Å². The Morgan fingerprint density at radius 3 is 2.71 bits per heavy atom. The van der Waals surface area contributed by atoms with Crippen molar-refractivity contribution < 1.29 is 17.9 Å². The molecule has 0 radical (unpaired) electrons. The van der Waals surface area contributed by atoms with Gasteiger partial charge in [0.15, 0.2) is 0 Å². The second kappa shape index (κ2) is 5.44. The lowest BCUT2D eigenvalue weighted by Gasteiger charge is -2.14. The highest BCUT2D eigenvalue weighted by Crippen LogP contribution is 2.18. The van der Waals surface area contributed by atoms with Crippen LogP contribution in [0.3, 0.4) is 0 Å². The molecule has 1 aromatic rings. The molecule has 1 rings (SSSR count). The second-order valence-corrected chi connectivity index (χ2v) is 5.28. The van der Waals surface area contributed by atoms with Crippen molar-refractivity contribution >= 4 is 15.7 Å². The number of nitrogens with two attached hydrogens (primary N) is 1. The molecule has 0 aliphatic carbocycles. The highest BCUT2D eigenvalue weighted by Gasteiger charge is 2.22. The number of anilines is 1. The first-order valence-electron chi connectivity index (χ1n) is 5.09. The Kier molecular flexibility index (Phi) is 4.44. The van der Waals surface area contributed by atoms with E-state index in [2.05, 4.69) is 4.72 Å². The zero-order valence-electron chi connectivity index (χ0n) is 9.35. The number of nitrogens with one attached hydrogen (secondary N) is 1. The maximum atomic E-state index is 13.4. The minimum atomic E-state index is -4.00. The summed E-state index contributed by atoms with van der Waals surface area (Å²) < 4.78 is 39.2. The molecule has 0 saturated heterocycles. The van der Waals surface area contributed by atoms with Crippen molar-refractivity contribution in [2.24, 2.45) is 0 Å². The largest absolute Gasteiger partial charge is 0.399 e. The zero-order valence-corrected chi connectivity index (χ0v) is 10.2. The lowest BCUT2D eigenvalue weighted by Crippen LogP contribution is -2.37. The summed E-state index contributed by atoms with van der Waals surface area (Å²) in [5.41, 5.74) is 5.57. The van der Waals surface area contributed by atoms with Crippen LogP contribution in [0.15, 0.2) is 23.1 Å². The maximum absolute atomic E-state index is 13.4. The van der Waals surface area contributed by atoms with Crippen LogP contribution in [0.1, 0.15) is 13.3 Å². The Morgan fingerprint density at radius 2 is 2.18 bits per heavy atom. The monoisotopic (exact) mass is 262 g/mol. The molecule has 0 bridgehead atoms. The fourth-order valence-electron chi connectivity index (χ4n) is 1.26. The molecule has 0 aliphatic heterocycles. The molecule has 0 amide bonds. The molecule has 0 aromatic heterocycles. The summed E-state index contributed by atoms with van der Waals surface area (Å²) in [6.45, 7) is 1.36. The molecule has 1 unspecified atom stereocenters. The van der Waals surface area contributed by atoms with E-state index in [1.54, 1.807) is 6.92 Å². The summed E-state index contributed by atoms with van der Waals surface area (Å²) >= 11 is 0. The van der Waals surface area contributed by atoms with Gasteiger partial charge in [-0.05, 0) is 24.6 Å². The van der Waals surface area contributed by atoms with Gasteiger partial charge in [-0.25, -0.2) is 17.5 Å². The third-order valence-electron chi connectivity index (χ3n) is 2.28. The predicted molar refractivity (Wildman–Crippen MR) is 62.3 cm³/mol. The number of rotatable bonds is 5. The van der Waals surface area contributed by atoms with Crippen molar-refractivity contribution in [3.05, 3.63) is 24.0 Å². The van der Waals surface area contributed by atoms with Crippen molar-refractivity contribution in [2.75, 3.05) is 12.3 Å². The Hall–Kier alpha value is -1.18. The number of hydrogen-bond acceptors (Lipinski definition) is 4. The molecular formula is C10H15FN2O3S.